The van der Waals surface area contributed by atoms with Gasteiger partial charge in [0.15, 0.2) is 0 Å². The second kappa shape index (κ2) is 10.4. The molecule has 1 aromatic carbocycles. The first-order valence-corrected chi connectivity index (χ1v) is 8.81. The lowest BCUT2D eigenvalue weighted by molar-refractivity contribution is -0.156. The summed E-state index contributed by atoms with van der Waals surface area (Å²) in [5.74, 6) is -0.442. The van der Waals surface area contributed by atoms with Crippen LogP contribution in [0.3, 0.4) is 0 Å². The van der Waals surface area contributed by atoms with E-state index in [0.717, 1.165) is 22.9 Å². The first-order valence-electron chi connectivity index (χ1n) is 8.02. The van der Waals surface area contributed by atoms with Crippen LogP contribution in [-0.4, -0.2) is 18.0 Å². The zero-order valence-corrected chi connectivity index (χ0v) is 15.6. The Kier molecular flexibility index (Phi) is 8.92. The van der Waals surface area contributed by atoms with Gasteiger partial charge < -0.3 is 9.47 Å². The minimum absolute atomic E-state index is 0.0479. The minimum Gasteiger partial charge on any atom is -0.462 e. The van der Waals surface area contributed by atoms with Crippen molar-refractivity contribution in [2.45, 2.75) is 59.2 Å². The summed E-state index contributed by atoms with van der Waals surface area (Å²) in [5.41, 5.74) is 0.909. The predicted molar refractivity (Wildman–Crippen MR) is 92.8 cm³/mol. The third kappa shape index (κ3) is 8.16. The van der Waals surface area contributed by atoms with Gasteiger partial charge in [-0.3, -0.25) is 9.59 Å². The molecule has 1 atom stereocenters. The number of halogens is 1. The van der Waals surface area contributed by atoms with E-state index in [1.807, 2.05) is 38.1 Å². The van der Waals surface area contributed by atoms with Gasteiger partial charge in [0, 0.05) is 4.47 Å². The number of ether oxygens (including phenoxy) is 2. The van der Waals surface area contributed by atoms with E-state index in [4.69, 9.17) is 9.47 Å². The van der Waals surface area contributed by atoms with Gasteiger partial charge in [-0.05, 0) is 30.0 Å². The minimum atomic E-state index is -0.388. The highest BCUT2D eigenvalue weighted by Crippen LogP contribution is 2.15. The number of carbonyl (C=O) groups is 2. The summed E-state index contributed by atoms with van der Waals surface area (Å²) in [4.78, 5) is 23.5. The van der Waals surface area contributed by atoms with Crippen LogP contribution in [0.5, 0.6) is 0 Å². The maximum absolute atomic E-state index is 11.8. The highest BCUT2D eigenvalue weighted by atomic mass is 79.9. The van der Waals surface area contributed by atoms with E-state index in [0.29, 0.717) is 0 Å². The number of hydrogen-bond donors (Lipinski definition) is 0. The van der Waals surface area contributed by atoms with Crippen LogP contribution < -0.4 is 0 Å². The monoisotopic (exact) mass is 384 g/mol. The molecule has 0 spiro atoms. The largest absolute Gasteiger partial charge is 0.462 e. The Morgan fingerprint density at radius 2 is 1.70 bits per heavy atom. The quantitative estimate of drug-likeness (QED) is 0.581. The molecule has 0 bridgehead atoms. The lowest BCUT2D eigenvalue weighted by Crippen LogP contribution is -2.24. The van der Waals surface area contributed by atoms with Gasteiger partial charge in [-0.15, -0.1) is 0 Å². The molecule has 0 radical (unpaired) electrons. The van der Waals surface area contributed by atoms with Gasteiger partial charge in [0.2, 0.25) is 0 Å². The Morgan fingerprint density at radius 3 is 2.26 bits per heavy atom. The van der Waals surface area contributed by atoms with Crippen LogP contribution in [0.2, 0.25) is 0 Å². The maximum atomic E-state index is 11.8. The molecule has 0 aromatic heterocycles. The van der Waals surface area contributed by atoms with E-state index in [1.54, 1.807) is 0 Å². The van der Waals surface area contributed by atoms with Gasteiger partial charge in [-0.25, -0.2) is 0 Å². The van der Waals surface area contributed by atoms with Crippen molar-refractivity contribution < 1.29 is 19.1 Å². The van der Waals surface area contributed by atoms with Crippen molar-refractivity contribution in [1.29, 1.82) is 0 Å². The highest BCUT2D eigenvalue weighted by molar-refractivity contribution is 9.10. The molecule has 5 heteroatoms. The second-order valence-corrected chi connectivity index (χ2v) is 6.76. The van der Waals surface area contributed by atoms with Gasteiger partial charge >= 0.3 is 11.9 Å². The third-order valence-corrected chi connectivity index (χ3v) is 3.97. The molecule has 0 heterocycles. The molecule has 0 aliphatic rings. The summed E-state index contributed by atoms with van der Waals surface area (Å²) < 4.78 is 11.6. The Labute approximate surface area is 146 Å². The number of benzene rings is 1. The molecular formula is C18H25BrO4. The molecule has 1 unspecified atom stereocenters. The molecule has 4 nitrogen and oxygen atoms in total. The lowest BCUT2D eigenvalue weighted by atomic mass is 10.0. The fourth-order valence-corrected chi connectivity index (χ4v) is 2.33. The van der Waals surface area contributed by atoms with Crippen LogP contribution >= 0.6 is 15.9 Å². The molecule has 0 aliphatic heterocycles. The topological polar surface area (TPSA) is 52.6 Å². The van der Waals surface area contributed by atoms with E-state index in [2.05, 4.69) is 22.9 Å². The van der Waals surface area contributed by atoms with E-state index in [1.165, 1.54) is 0 Å². The SMILES string of the molecule is CCCC(OC(=O)CCC(=O)OCc1ccc(Br)cc1)C(C)C. The van der Waals surface area contributed by atoms with Gasteiger partial charge in [-0.2, -0.15) is 0 Å². The molecule has 128 valence electrons. The Hall–Kier alpha value is -1.36. The van der Waals surface area contributed by atoms with Gasteiger partial charge in [0.25, 0.3) is 0 Å². The predicted octanol–water partition coefficient (Wildman–Crippen LogP) is 4.64. The fraction of sp³-hybridized carbons (Fsp3) is 0.556. The zero-order chi connectivity index (χ0) is 17.2. The van der Waals surface area contributed by atoms with Crippen LogP contribution in [0.1, 0.15) is 52.0 Å². The molecule has 1 aromatic rings. The van der Waals surface area contributed by atoms with E-state index < -0.39 is 0 Å². The van der Waals surface area contributed by atoms with Crippen molar-refractivity contribution in [3.05, 3.63) is 34.3 Å². The van der Waals surface area contributed by atoms with Crippen LogP contribution in [0.4, 0.5) is 0 Å². The fourth-order valence-electron chi connectivity index (χ4n) is 2.06. The molecule has 0 fully saturated rings. The van der Waals surface area contributed by atoms with Crippen molar-refractivity contribution in [3.8, 4) is 0 Å². The smallest absolute Gasteiger partial charge is 0.306 e. The van der Waals surface area contributed by atoms with Gasteiger partial charge in [-0.1, -0.05) is 55.3 Å². The Morgan fingerprint density at radius 1 is 1.09 bits per heavy atom. The maximum Gasteiger partial charge on any atom is 0.306 e. The van der Waals surface area contributed by atoms with Crippen molar-refractivity contribution in [2.75, 3.05) is 0 Å². The molecule has 0 aliphatic carbocycles. The van der Waals surface area contributed by atoms with E-state index >= 15 is 0 Å². The summed E-state index contributed by atoms with van der Waals surface area (Å²) in [6.07, 6.45) is 1.84. The number of esters is 2. The van der Waals surface area contributed by atoms with Crippen molar-refractivity contribution in [3.63, 3.8) is 0 Å². The first-order chi connectivity index (χ1) is 10.9. The highest BCUT2D eigenvalue weighted by Gasteiger charge is 2.18. The molecule has 23 heavy (non-hydrogen) atoms. The Balaban J connectivity index is 2.29. The zero-order valence-electron chi connectivity index (χ0n) is 14.0. The average Bonchev–Trinajstić information content (AvgIpc) is 2.52. The number of carbonyl (C=O) groups excluding carboxylic acids is 2. The summed E-state index contributed by atoms with van der Waals surface area (Å²) in [5, 5.41) is 0. The average molecular weight is 385 g/mol. The summed E-state index contributed by atoms with van der Waals surface area (Å²) in [6.45, 7) is 6.33. The Bertz CT molecular complexity index is 496. The number of rotatable bonds is 9. The lowest BCUT2D eigenvalue weighted by Gasteiger charge is -2.20. The molecule has 0 N–H and O–H groups in total. The van der Waals surface area contributed by atoms with E-state index in [9.17, 15) is 9.59 Å². The molecular weight excluding hydrogens is 360 g/mol. The van der Waals surface area contributed by atoms with Crippen molar-refractivity contribution in [1.82, 2.24) is 0 Å². The van der Waals surface area contributed by atoms with Crippen molar-refractivity contribution >= 4 is 27.9 Å². The van der Waals surface area contributed by atoms with Crippen LogP contribution in [0.15, 0.2) is 28.7 Å². The van der Waals surface area contributed by atoms with Gasteiger partial charge in [0.1, 0.15) is 12.7 Å². The normalized spacial score (nSPS) is 12.0. The van der Waals surface area contributed by atoms with Crippen LogP contribution in [0.25, 0.3) is 0 Å². The standard InChI is InChI=1S/C18H25BrO4/c1-4-5-16(13(2)3)23-18(21)11-10-17(20)22-12-14-6-8-15(19)9-7-14/h6-9,13,16H,4-5,10-12H2,1-3H3. The first kappa shape index (κ1) is 19.7. The summed E-state index contributed by atoms with van der Waals surface area (Å²) >= 11 is 3.35. The van der Waals surface area contributed by atoms with Crippen molar-refractivity contribution in [2.24, 2.45) is 5.92 Å². The second-order valence-electron chi connectivity index (χ2n) is 5.85. The molecule has 1 rings (SSSR count). The third-order valence-electron chi connectivity index (χ3n) is 3.45. The van der Waals surface area contributed by atoms with Crippen LogP contribution in [-0.2, 0) is 25.7 Å². The summed E-state index contributed by atoms with van der Waals surface area (Å²) in [6, 6.07) is 7.54. The molecule has 0 amide bonds. The molecule has 0 saturated carbocycles. The van der Waals surface area contributed by atoms with E-state index in [-0.39, 0.29) is 43.4 Å². The van der Waals surface area contributed by atoms with Crippen LogP contribution in [0, 0.1) is 5.92 Å². The summed E-state index contributed by atoms with van der Waals surface area (Å²) in [7, 11) is 0. The van der Waals surface area contributed by atoms with Gasteiger partial charge in [0.05, 0.1) is 12.8 Å². The molecule has 0 saturated heterocycles. The number of hydrogen-bond acceptors (Lipinski definition) is 4.